The first-order valence-electron chi connectivity index (χ1n) is 44.9. The second kappa shape index (κ2) is 41.7. The molecule has 0 aliphatic heterocycles. The van der Waals surface area contributed by atoms with E-state index in [1.165, 1.54) is 90.5 Å². The molecule has 5 N–H and O–H groups in total. The van der Waals surface area contributed by atoms with Crippen LogP contribution in [0.5, 0.6) is 28.7 Å². The summed E-state index contributed by atoms with van der Waals surface area (Å²) >= 11 is 6.38. The largest absolute Gasteiger partial charge is 0.497 e. The zero-order valence-corrected chi connectivity index (χ0v) is 79.0. The number of para-hydroxylation sites is 2. The molecular formula is C107H99ClF11N15O5. The molecule has 10 aromatic heterocycles. The maximum atomic E-state index is 14.9. The molecule has 18 aromatic rings. The Labute approximate surface area is 799 Å². The third-order valence-corrected chi connectivity index (χ3v) is 24.9. The average molecular weight is 1920 g/mol. The van der Waals surface area contributed by atoms with Gasteiger partial charge in [0, 0.05) is 113 Å². The Kier molecular flexibility index (Phi) is 29.1. The van der Waals surface area contributed by atoms with Gasteiger partial charge in [0.15, 0.2) is 0 Å². The van der Waals surface area contributed by atoms with Crippen LogP contribution in [0.4, 0.5) is 94.4 Å². The minimum absolute atomic E-state index is 0.0757. The second-order valence-corrected chi connectivity index (χ2v) is 34.3. The van der Waals surface area contributed by atoms with Gasteiger partial charge in [0.25, 0.3) is 0 Å². The van der Waals surface area contributed by atoms with Gasteiger partial charge in [-0.2, -0.15) is 0 Å². The predicted octanol–water partition coefficient (Wildman–Crippen LogP) is 28.0. The van der Waals surface area contributed by atoms with Gasteiger partial charge >= 0.3 is 0 Å². The fourth-order valence-corrected chi connectivity index (χ4v) is 17.9. The van der Waals surface area contributed by atoms with E-state index in [2.05, 4.69) is 51.5 Å². The lowest BCUT2D eigenvalue weighted by atomic mass is 9.95. The Morgan fingerprint density at radius 1 is 0.273 bits per heavy atom. The summed E-state index contributed by atoms with van der Waals surface area (Å²) in [4.78, 5) is 22.6. The summed E-state index contributed by atoms with van der Waals surface area (Å²) in [6, 6.07) is 57.2. The topological polar surface area (TPSA) is 193 Å². The van der Waals surface area contributed by atoms with Crippen molar-refractivity contribution < 1.29 is 72.0 Å². The monoisotopic (exact) mass is 1920 g/mol. The average Bonchev–Trinajstić information content (AvgIpc) is 1.63. The number of aromatic nitrogens is 10. The van der Waals surface area contributed by atoms with E-state index in [1.54, 1.807) is 27.0 Å². The zero-order chi connectivity index (χ0) is 98.5. The maximum absolute atomic E-state index is 14.9. The minimum atomic E-state index is -0.792. The molecule has 20 rings (SSSR count). The van der Waals surface area contributed by atoms with Crippen LogP contribution in [0.15, 0.2) is 212 Å². The zero-order valence-electron chi connectivity index (χ0n) is 78.3. The van der Waals surface area contributed by atoms with Crippen LogP contribution in [-0.2, 0) is 0 Å². The van der Waals surface area contributed by atoms with Crippen molar-refractivity contribution in [2.24, 2.45) is 0 Å². The van der Waals surface area contributed by atoms with Crippen LogP contribution in [0.2, 0.25) is 5.02 Å². The van der Waals surface area contributed by atoms with Gasteiger partial charge in [-0.05, 0) is 189 Å². The van der Waals surface area contributed by atoms with Crippen molar-refractivity contribution >= 4 is 86.0 Å². The fraction of sp³-hybridized carbons (Fsp3) is 0.224. The van der Waals surface area contributed by atoms with E-state index in [1.807, 2.05) is 178 Å². The van der Waals surface area contributed by atoms with Crippen molar-refractivity contribution in [3.8, 4) is 85.0 Å². The molecule has 0 unspecified atom stereocenters. The number of methoxy groups -OCH3 is 5. The summed E-state index contributed by atoms with van der Waals surface area (Å²) in [7, 11) is 6.84. The molecule has 716 valence electrons. The van der Waals surface area contributed by atoms with Crippen LogP contribution in [0.1, 0.15) is 103 Å². The number of imidazole rings is 5. The quantitative estimate of drug-likeness (QED) is 0.0452. The van der Waals surface area contributed by atoms with E-state index in [0.717, 1.165) is 139 Å². The number of anilines is 8. The number of aryl methyl sites for hydroxylation is 8. The van der Waals surface area contributed by atoms with Gasteiger partial charge in [-0.1, -0.05) is 104 Å². The van der Waals surface area contributed by atoms with Gasteiger partial charge in [-0.15, -0.1) is 0 Å². The molecule has 0 saturated heterocycles. The molecule has 2 aliphatic rings. The van der Waals surface area contributed by atoms with Crippen molar-refractivity contribution in [1.82, 2.24) is 46.9 Å². The molecule has 10 heterocycles. The predicted molar refractivity (Wildman–Crippen MR) is 524 cm³/mol. The lowest BCUT2D eigenvalue weighted by Crippen LogP contribution is -2.23. The van der Waals surface area contributed by atoms with E-state index in [-0.39, 0.29) is 91.5 Å². The van der Waals surface area contributed by atoms with Crippen molar-refractivity contribution in [3.05, 3.63) is 326 Å². The van der Waals surface area contributed by atoms with Crippen molar-refractivity contribution in [2.75, 3.05) is 62.1 Å². The Balaban J connectivity index is 0.000000126. The molecular weight excluding hydrogens is 1820 g/mol. The fourth-order valence-electron chi connectivity index (χ4n) is 17.6. The third-order valence-electron chi connectivity index (χ3n) is 24.6. The highest BCUT2D eigenvalue weighted by molar-refractivity contribution is 6.33. The lowest BCUT2D eigenvalue weighted by Gasteiger charge is -2.24. The molecule has 2 aliphatic carbocycles. The molecule has 0 spiro atoms. The summed E-state index contributed by atoms with van der Waals surface area (Å²) in [5, 5.41) is 17.3. The van der Waals surface area contributed by atoms with Crippen molar-refractivity contribution in [2.45, 2.75) is 125 Å². The molecule has 2 saturated carbocycles. The Hall–Kier alpha value is -15.3. The van der Waals surface area contributed by atoms with Gasteiger partial charge < -0.3 is 50.3 Å². The Bertz CT molecular complexity index is 7290. The van der Waals surface area contributed by atoms with Crippen LogP contribution in [0.3, 0.4) is 0 Å². The first-order chi connectivity index (χ1) is 66.9. The van der Waals surface area contributed by atoms with Gasteiger partial charge in [0.2, 0.25) is 0 Å². The molecule has 139 heavy (non-hydrogen) atoms. The SMILES string of the molecule is COc1cc(F)c(-c2nc3cccc(C)n3c2NC2CCCC2)c(F)c1.COc1cc(F)c(-c2nc3cccc(C)n3c2NC2CCCCC2)c(F)c1.COc1cc(F)c(-c2nc3cccc(C)n3c2Nc2c(C)cccc2C)c(F)c1.COc1cc(F)c(-c2nc3cccc(C)n3c2Nc2c(C)cccc2Cl)c(F)c1.COc1cc(F)c(-c2nc3cccc(C)n3c2Nc2ccc(F)cc2)c(F)c1. The highest BCUT2D eigenvalue weighted by Crippen LogP contribution is 2.45. The standard InChI is InChI=1S/C23H21F2N3O.C22H18ClF2N3O.C21H16F3N3O.C21H23F2N3O.C20H21F2N3O/c1-13-7-5-8-14(2)21(13)27-23-22(26-19-10-6-9-15(3)28(19)23)20-17(24)11-16(29-4)12-18(20)25;1-12-6-4-8-15(23)20(12)27-22-21(26-18-9-5-7-13(2)28(18)22)19-16(24)10-14(29-3)11-17(19)25;1-12-4-3-5-18-26-20(19-16(23)10-15(28-2)11-17(19)24)21(27(12)18)25-14-8-6-13(22)7-9-14;1-13-7-6-10-18-25-20(19-16(22)11-15(27-2)12-17(19)23)21(26(13)18)24-14-8-4-3-5-9-14;1-12-6-5-9-17-24-19(18-15(21)10-14(26-2)11-16(18)22)20(25(12)17)23-13-7-3-4-8-13/h5-12,27H,1-4H3;4-11,27H,1-3H3;3-11,25H,1-2H3;6-7,10-12,14,24H,3-5,8-9H2,1-2H3;5-6,9-11,13,23H,3-4,7-8H2,1-2H3. The number of rotatable bonds is 20. The number of nitrogens with one attached hydrogen (secondary N) is 5. The van der Waals surface area contributed by atoms with Crippen LogP contribution in [0, 0.1) is 119 Å². The molecule has 0 bridgehead atoms. The van der Waals surface area contributed by atoms with E-state index in [0.29, 0.717) is 85.1 Å². The van der Waals surface area contributed by atoms with Gasteiger partial charge in [0.1, 0.15) is 179 Å². The summed E-state index contributed by atoms with van der Waals surface area (Å²) in [6.45, 7) is 15.5. The number of nitrogens with zero attached hydrogens (tertiary/aromatic N) is 10. The smallest absolute Gasteiger partial charge is 0.143 e. The second-order valence-electron chi connectivity index (χ2n) is 33.9. The third kappa shape index (κ3) is 20.2. The normalized spacial score (nSPS) is 12.6. The number of benzene rings is 8. The van der Waals surface area contributed by atoms with Crippen molar-refractivity contribution in [1.29, 1.82) is 0 Å². The van der Waals surface area contributed by atoms with E-state index in [9.17, 15) is 48.3 Å². The molecule has 0 radical (unpaired) electrons. The summed E-state index contributed by atoms with van der Waals surface area (Å²) in [5.41, 5.74) is 12.6. The highest BCUT2D eigenvalue weighted by Gasteiger charge is 2.32. The van der Waals surface area contributed by atoms with Crippen LogP contribution < -0.4 is 50.3 Å². The van der Waals surface area contributed by atoms with Gasteiger partial charge in [-0.25, -0.2) is 73.2 Å². The number of ether oxygens (including phenoxy) is 5. The van der Waals surface area contributed by atoms with Crippen LogP contribution in [0.25, 0.3) is 84.5 Å². The Morgan fingerprint density at radius 3 is 0.777 bits per heavy atom. The number of hydrogen-bond donors (Lipinski definition) is 5. The van der Waals surface area contributed by atoms with Crippen molar-refractivity contribution in [3.63, 3.8) is 0 Å². The van der Waals surface area contributed by atoms with Gasteiger partial charge in [0.05, 0.1) is 74.1 Å². The summed E-state index contributed by atoms with van der Waals surface area (Å²) in [5.74, 6) is -4.47. The number of pyridine rings is 5. The lowest BCUT2D eigenvalue weighted by molar-refractivity contribution is 0.407. The number of fused-ring (bicyclic) bond motifs is 5. The first-order valence-corrected chi connectivity index (χ1v) is 45.3. The van der Waals surface area contributed by atoms with Crippen LogP contribution >= 0.6 is 11.6 Å². The highest BCUT2D eigenvalue weighted by atomic mass is 35.5. The first kappa shape index (κ1) is 96.8. The van der Waals surface area contributed by atoms with E-state index < -0.39 is 58.2 Å². The summed E-state index contributed by atoms with van der Waals surface area (Å²) < 4.78 is 195. The number of hydrogen-bond acceptors (Lipinski definition) is 15. The molecule has 2 fully saturated rings. The molecule has 8 aromatic carbocycles. The molecule has 0 amide bonds. The van der Waals surface area contributed by atoms with Gasteiger partial charge in [-0.3, -0.25) is 22.0 Å². The minimum Gasteiger partial charge on any atom is -0.497 e. The molecule has 0 atom stereocenters. The Morgan fingerprint density at radius 2 is 0.504 bits per heavy atom. The molecule has 32 heteroatoms. The maximum Gasteiger partial charge on any atom is 0.143 e. The van der Waals surface area contributed by atoms with E-state index >= 15 is 0 Å². The number of halogens is 12. The van der Waals surface area contributed by atoms with Crippen LogP contribution in [-0.4, -0.2) is 94.6 Å². The molecule has 20 nitrogen and oxygen atoms in total. The van der Waals surface area contributed by atoms with E-state index in [4.69, 9.17) is 35.3 Å². The summed E-state index contributed by atoms with van der Waals surface area (Å²) in [6.07, 6.45) is 10.1.